The van der Waals surface area contributed by atoms with E-state index in [1.807, 2.05) is 0 Å². The number of pyridine rings is 1. The zero-order valence-corrected chi connectivity index (χ0v) is 11.4. The number of sulfonamides is 1. The molecule has 17 heavy (non-hydrogen) atoms. The Labute approximate surface area is 109 Å². The summed E-state index contributed by atoms with van der Waals surface area (Å²) in [6.07, 6.45) is 1.25. The van der Waals surface area contributed by atoms with Crippen molar-refractivity contribution in [1.82, 2.24) is 9.29 Å². The summed E-state index contributed by atoms with van der Waals surface area (Å²) in [5.41, 5.74) is 5.46. The van der Waals surface area contributed by atoms with Gasteiger partial charge in [0.15, 0.2) is 0 Å². The van der Waals surface area contributed by atoms with Crippen LogP contribution >= 0.6 is 23.4 Å². The fourth-order valence-electron chi connectivity index (χ4n) is 1.51. The third kappa shape index (κ3) is 2.67. The van der Waals surface area contributed by atoms with Crippen LogP contribution in [-0.2, 0) is 10.0 Å². The first-order chi connectivity index (χ1) is 8.01. The van der Waals surface area contributed by atoms with Crippen molar-refractivity contribution in [1.29, 1.82) is 0 Å². The summed E-state index contributed by atoms with van der Waals surface area (Å²) in [5.74, 6) is 1.77. The van der Waals surface area contributed by atoms with Crippen molar-refractivity contribution in [3.05, 3.63) is 17.3 Å². The Morgan fingerprint density at radius 2 is 2.06 bits per heavy atom. The second-order valence-electron chi connectivity index (χ2n) is 3.55. The minimum atomic E-state index is -3.48. The molecule has 0 aliphatic carbocycles. The number of anilines is 1. The number of halogens is 1. The van der Waals surface area contributed by atoms with E-state index in [0.717, 1.165) is 11.5 Å². The lowest BCUT2D eigenvalue weighted by atomic mass is 10.5. The average molecular weight is 294 g/mol. The summed E-state index contributed by atoms with van der Waals surface area (Å²) in [6, 6.07) is 1.35. The third-order valence-electron chi connectivity index (χ3n) is 2.45. The van der Waals surface area contributed by atoms with E-state index in [1.165, 1.54) is 16.6 Å². The molecule has 2 rings (SSSR count). The molecule has 1 aromatic heterocycles. The number of hydrogen-bond donors (Lipinski definition) is 1. The lowest BCUT2D eigenvalue weighted by Gasteiger charge is -2.25. The fourth-order valence-corrected chi connectivity index (χ4v) is 4.29. The standard InChI is InChI=1S/C9H12ClN3O2S2/c10-8-5-7(6-12-9(8)11)17(14,15)13-1-3-16-4-2-13/h5-6H,1-4H2,(H2,11,12). The van der Waals surface area contributed by atoms with Gasteiger partial charge >= 0.3 is 0 Å². The van der Waals surface area contributed by atoms with Crippen LogP contribution < -0.4 is 5.73 Å². The summed E-state index contributed by atoms with van der Waals surface area (Å²) < 4.78 is 25.9. The van der Waals surface area contributed by atoms with E-state index in [4.69, 9.17) is 17.3 Å². The van der Waals surface area contributed by atoms with Crippen LogP contribution in [0.5, 0.6) is 0 Å². The smallest absolute Gasteiger partial charge is 0.244 e. The lowest BCUT2D eigenvalue weighted by Crippen LogP contribution is -2.37. The summed E-state index contributed by atoms with van der Waals surface area (Å²) in [6.45, 7) is 1.05. The van der Waals surface area contributed by atoms with Crippen LogP contribution in [0.1, 0.15) is 0 Å². The van der Waals surface area contributed by atoms with Crippen molar-refractivity contribution in [3.8, 4) is 0 Å². The first-order valence-corrected chi connectivity index (χ1v) is 7.98. The van der Waals surface area contributed by atoms with E-state index in [1.54, 1.807) is 11.8 Å². The topological polar surface area (TPSA) is 76.3 Å². The van der Waals surface area contributed by atoms with Crippen molar-refractivity contribution in [2.45, 2.75) is 4.90 Å². The van der Waals surface area contributed by atoms with Crippen LogP contribution in [0, 0.1) is 0 Å². The Kier molecular flexibility index (Phi) is 3.82. The number of aromatic nitrogens is 1. The van der Waals surface area contributed by atoms with Gasteiger partial charge in [0, 0.05) is 30.8 Å². The highest BCUT2D eigenvalue weighted by Crippen LogP contribution is 2.24. The average Bonchev–Trinajstić information content (AvgIpc) is 2.33. The van der Waals surface area contributed by atoms with E-state index in [2.05, 4.69) is 4.98 Å². The predicted octanol–water partition coefficient (Wildman–Crippen LogP) is 1.05. The maximum Gasteiger partial charge on any atom is 0.244 e. The Morgan fingerprint density at radius 1 is 1.41 bits per heavy atom. The molecule has 0 spiro atoms. The first-order valence-electron chi connectivity index (χ1n) is 5.01. The van der Waals surface area contributed by atoms with E-state index in [0.29, 0.717) is 13.1 Å². The summed E-state index contributed by atoms with van der Waals surface area (Å²) in [7, 11) is -3.48. The predicted molar refractivity (Wildman–Crippen MR) is 69.7 cm³/mol. The molecule has 1 saturated heterocycles. The van der Waals surface area contributed by atoms with Gasteiger partial charge in [0.1, 0.15) is 10.7 Å². The normalized spacial score (nSPS) is 18.2. The minimum absolute atomic E-state index is 0.101. The van der Waals surface area contributed by atoms with E-state index in [9.17, 15) is 8.42 Å². The van der Waals surface area contributed by atoms with Crippen molar-refractivity contribution in [2.75, 3.05) is 30.3 Å². The number of nitrogen functional groups attached to an aromatic ring is 1. The molecular formula is C9H12ClN3O2S2. The molecule has 0 saturated carbocycles. The second-order valence-corrected chi connectivity index (χ2v) is 7.12. The molecule has 1 aliphatic heterocycles. The molecule has 1 aliphatic rings. The Hall–Kier alpha value is -0.500. The highest BCUT2D eigenvalue weighted by molar-refractivity contribution is 7.99. The summed E-state index contributed by atoms with van der Waals surface area (Å²) in [4.78, 5) is 3.88. The van der Waals surface area contributed by atoms with Crippen molar-refractivity contribution in [2.24, 2.45) is 0 Å². The zero-order valence-electron chi connectivity index (χ0n) is 8.97. The Balaban J connectivity index is 2.33. The van der Waals surface area contributed by atoms with Gasteiger partial charge in [0.2, 0.25) is 10.0 Å². The molecule has 0 radical (unpaired) electrons. The largest absolute Gasteiger partial charge is 0.382 e. The third-order valence-corrected chi connectivity index (χ3v) is 5.56. The molecule has 0 aromatic carbocycles. The molecule has 5 nitrogen and oxygen atoms in total. The minimum Gasteiger partial charge on any atom is -0.382 e. The van der Waals surface area contributed by atoms with E-state index in [-0.39, 0.29) is 15.7 Å². The van der Waals surface area contributed by atoms with Gasteiger partial charge in [0.25, 0.3) is 0 Å². The molecule has 8 heteroatoms. The number of rotatable bonds is 2. The maximum atomic E-state index is 12.2. The molecule has 94 valence electrons. The van der Waals surface area contributed by atoms with Gasteiger partial charge in [-0.25, -0.2) is 13.4 Å². The van der Waals surface area contributed by atoms with Crippen LogP contribution in [0.2, 0.25) is 5.02 Å². The molecule has 2 heterocycles. The number of nitrogens with zero attached hydrogens (tertiary/aromatic N) is 2. The number of thioether (sulfide) groups is 1. The van der Waals surface area contributed by atoms with Crippen LogP contribution in [0.15, 0.2) is 17.2 Å². The zero-order chi connectivity index (χ0) is 12.5. The van der Waals surface area contributed by atoms with Crippen LogP contribution in [0.25, 0.3) is 0 Å². The molecule has 1 aromatic rings. The van der Waals surface area contributed by atoms with E-state index >= 15 is 0 Å². The SMILES string of the molecule is Nc1ncc(S(=O)(=O)N2CCSCC2)cc1Cl. The Bertz CT molecular complexity index is 515. The molecule has 1 fully saturated rings. The summed E-state index contributed by atoms with van der Waals surface area (Å²) in [5, 5.41) is 0.164. The van der Waals surface area contributed by atoms with Crippen molar-refractivity contribution in [3.63, 3.8) is 0 Å². The van der Waals surface area contributed by atoms with Gasteiger partial charge in [-0.3, -0.25) is 0 Å². The van der Waals surface area contributed by atoms with Gasteiger partial charge in [0.05, 0.1) is 5.02 Å². The van der Waals surface area contributed by atoms with Crippen LogP contribution in [-0.4, -0.2) is 42.3 Å². The van der Waals surface area contributed by atoms with Gasteiger partial charge in [-0.2, -0.15) is 16.1 Å². The number of nitrogens with two attached hydrogens (primary N) is 1. The molecule has 0 amide bonds. The van der Waals surface area contributed by atoms with Crippen LogP contribution in [0.4, 0.5) is 5.82 Å². The molecular weight excluding hydrogens is 282 g/mol. The molecule has 0 atom stereocenters. The van der Waals surface area contributed by atoms with Crippen LogP contribution in [0.3, 0.4) is 0 Å². The van der Waals surface area contributed by atoms with Crippen molar-refractivity contribution < 1.29 is 8.42 Å². The summed E-state index contributed by atoms with van der Waals surface area (Å²) >= 11 is 7.53. The van der Waals surface area contributed by atoms with Gasteiger partial charge < -0.3 is 5.73 Å². The van der Waals surface area contributed by atoms with Gasteiger partial charge in [-0.15, -0.1) is 0 Å². The van der Waals surface area contributed by atoms with Gasteiger partial charge in [-0.1, -0.05) is 11.6 Å². The highest BCUT2D eigenvalue weighted by Gasteiger charge is 2.26. The fraction of sp³-hybridized carbons (Fsp3) is 0.444. The van der Waals surface area contributed by atoms with Crippen molar-refractivity contribution >= 4 is 39.2 Å². The lowest BCUT2D eigenvalue weighted by molar-refractivity contribution is 0.443. The quantitative estimate of drug-likeness (QED) is 0.882. The molecule has 2 N–H and O–H groups in total. The molecule has 0 bridgehead atoms. The first kappa shape index (κ1) is 12.9. The maximum absolute atomic E-state index is 12.2. The highest BCUT2D eigenvalue weighted by atomic mass is 35.5. The monoisotopic (exact) mass is 293 g/mol. The van der Waals surface area contributed by atoms with Gasteiger partial charge in [-0.05, 0) is 6.07 Å². The van der Waals surface area contributed by atoms with E-state index < -0.39 is 10.0 Å². The Morgan fingerprint density at radius 3 is 2.65 bits per heavy atom. The number of hydrogen-bond acceptors (Lipinski definition) is 5. The molecule has 0 unspecified atom stereocenters. The second kappa shape index (κ2) is 5.01.